The van der Waals surface area contributed by atoms with Gasteiger partial charge in [0.1, 0.15) is 0 Å². The van der Waals surface area contributed by atoms with Gasteiger partial charge in [0, 0.05) is 24.9 Å². The molecule has 3 N–H and O–H groups in total. The van der Waals surface area contributed by atoms with Crippen molar-refractivity contribution in [2.75, 3.05) is 31.9 Å². The second kappa shape index (κ2) is 9.15. The molecule has 1 aromatic rings. The minimum Gasteiger partial charge on any atom is -0.399 e. The summed E-state index contributed by atoms with van der Waals surface area (Å²) in [5, 5.41) is 2.90. The third kappa shape index (κ3) is 6.38. The summed E-state index contributed by atoms with van der Waals surface area (Å²) in [4.78, 5) is 14.0. The van der Waals surface area contributed by atoms with E-state index in [-0.39, 0.29) is 5.91 Å². The molecular formula is C16H25N3O. The first-order valence-electron chi connectivity index (χ1n) is 7.19. The molecule has 0 saturated heterocycles. The van der Waals surface area contributed by atoms with Gasteiger partial charge in [-0.25, -0.2) is 0 Å². The van der Waals surface area contributed by atoms with Gasteiger partial charge in [-0.2, -0.15) is 0 Å². The van der Waals surface area contributed by atoms with Crippen LogP contribution in [0.4, 0.5) is 5.69 Å². The van der Waals surface area contributed by atoms with Crippen LogP contribution in [0.1, 0.15) is 25.8 Å². The van der Waals surface area contributed by atoms with E-state index in [0.717, 1.165) is 37.3 Å². The Labute approximate surface area is 121 Å². The summed E-state index contributed by atoms with van der Waals surface area (Å²) in [5.74, 6) is -0.0608. The van der Waals surface area contributed by atoms with E-state index in [1.54, 1.807) is 12.2 Å². The van der Waals surface area contributed by atoms with E-state index < -0.39 is 0 Å². The van der Waals surface area contributed by atoms with E-state index >= 15 is 0 Å². The zero-order valence-electron chi connectivity index (χ0n) is 12.4. The number of rotatable bonds is 8. The SMILES string of the molecule is CCCN(CC)CCNC(=O)/C=C/c1ccc(N)cc1. The number of likely N-dealkylation sites (N-methyl/N-ethyl adjacent to an activating group) is 1. The van der Waals surface area contributed by atoms with Crippen LogP contribution in [-0.2, 0) is 4.79 Å². The molecule has 20 heavy (non-hydrogen) atoms. The molecule has 0 aliphatic heterocycles. The van der Waals surface area contributed by atoms with Crippen LogP contribution in [0.5, 0.6) is 0 Å². The molecule has 0 aliphatic carbocycles. The number of carbonyl (C=O) groups is 1. The predicted octanol–water partition coefficient (Wildman–Crippen LogP) is 2.13. The van der Waals surface area contributed by atoms with Gasteiger partial charge in [-0.3, -0.25) is 4.79 Å². The van der Waals surface area contributed by atoms with Crippen LogP contribution in [-0.4, -0.2) is 37.0 Å². The summed E-state index contributed by atoms with van der Waals surface area (Å²) in [6.07, 6.45) is 4.48. The van der Waals surface area contributed by atoms with E-state index in [1.165, 1.54) is 0 Å². The van der Waals surface area contributed by atoms with Crippen molar-refractivity contribution in [3.63, 3.8) is 0 Å². The van der Waals surface area contributed by atoms with Gasteiger partial charge in [-0.05, 0) is 43.3 Å². The fourth-order valence-corrected chi connectivity index (χ4v) is 1.92. The Morgan fingerprint density at radius 1 is 1.25 bits per heavy atom. The average molecular weight is 275 g/mol. The Balaban J connectivity index is 2.31. The van der Waals surface area contributed by atoms with E-state index in [0.29, 0.717) is 6.54 Å². The number of nitrogens with two attached hydrogens (primary N) is 1. The Bertz CT molecular complexity index is 426. The molecule has 1 aromatic carbocycles. The number of nitrogens with zero attached hydrogens (tertiary/aromatic N) is 1. The van der Waals surface area contributed by atoms with Crippen LogP contribution in [0.3, 0.4) is 0 Å². The number of hydrogen-bond acceptors (Lipinski definition) is 3. The summed E-state index contributed by atoms with van der Waals surface area (Å²) in [5.41, 5.74) is 7.30. The molecule has 0 aliphatic rings. The number of anilines is 1. The molecule has 0 saturated carbocycles. The smallest absolute Gasteiger partial charge is 0.244 e. The summed E-state index contributed by atoms with van der Waals surface area (Å²) in [6, 6.07) is 7.42. The number of amides is 1. The molecule has 0 heterocycles. The lowest BCUT2D eigenvalue weighted by molar-refractivity contribution is -0.116. The molecule has 0 bridgehead atoms. The quantitative estimate of drug-likeness (QED) is 0.564. The first-order valence-corrected chi connectivity index (χ1v) is 7.19. The fourth-order valence-electron chi connectivity index (χ4n) is 1.92. The van der Waals surface area contributed by atoms with Crippen LogP contribution in [0, 0.1) is 0 Å². The standard InChI is InChI=1S/C16H25N3O/c1-3-12-19(4-2)13-11-18-16(20)10-7-14-5-8-15(17)9-6-14/h5-10H,3-4,11-13,17H2,1-2H3,(H,18,20)/b10-7+. The zero-order chi connectivity index (χ0) is 14.8. The summed E-state index contributed by atoms with van der Waals surface area (Å²) < 4.78 is 0. The summed E-state index contributed by atoms with van der Waals surface area (Å²) >= 11 is 0. The Morgan fingerprint density at radius 2 is 1.95 bits per heavy atom. The van der Waals surface area contributed by atoms with Gasteiger partial charge in [-0.15, -0.1) is 0 Å². The zero-order valence-corrected chi connectivity index (χ0v) is 12.4. The maximum atomic E-state index is 11.7. The molecule has 4 heteroatoms. The Kier molecular flexibility index (Phi) is 7.43. The third-order valence-electron chi connectivity index (χ3n) is 3.08. The number of nitrogens with one attached hydrogen (secondary N) is 1. The van der Waals surface area contributed by atoms with Gasteiger partial charge in [0.15, 0.2) is 0 Å². The number of hydrogen-bond donors (Lipinski definition) is 2. The van der Waals surface area contributed by atoms with Gasteiger partial charge in [0.05, 0.1) is 0 Å². The molecule has 1 amide bonds. The second-order valence-electron chi connectivity index (χ2n) is 4.73. The lowest BCUT2D eigenvalue weighted by Gasteiger charge is -2.19. The molecule has 0 aromatic heterocycles. The first kappa shape index (κ1) is 16.2. The maximum Gasteiger partial charge on any atom is 0.244 e. The van der Waals surface area contributed by atoms with Gasteiger partial charge in [0.25, 0.3) is 0 Å². The van der Waals surface area contributed by atoms with Crippen molar-refractivity contribution in [3.05, 3.63) is 35.9 Å². The van der Waals surface area contributed by atoms with E-state index in [9.17, 15) is 4.79 Å². The fraction of sp³-hybridized carbons (Fsp3) is 0.438. The van der Waals surface area contributed by atoms with E-state index in [4.69, 9.17) is 5.73 Å². The predicted molar refractivity (Wildman–Crippen MR) is 85.3 cm³/mol. The lowest BCUT2D eigenvalue weighted by Crippen LogP contribution is -2.34. The van der Waals surface area contributed by atoms with Gasteiger partial charge in [0.2, 0.25) is 5.91 Å². The number of benzene rings is 1. The van der Waals surface area contributed by atoms with Crippen molar-refractivity contribution in [2.24, 2.45) is 0 Å². The Hall–Kier alpha value is -1.81. The second-order valence-corrected chi connectivity index (χ2v) is 4.73. The highest BCUT2D eigenvalue weighted by molar-refractivity contribution is 5.91. The number of nitrogen functional groups attached to an aromatic ring is 1. The third-order valence-corrected chi connectivity index (χ3v) is 3.08. The molecule has 0 fully saturated rings. The largest absolute Gasteiger partial charge is 0.399 e. The van der Waals surface area contributed by atoms with Crippen LogP contribution in [0.2, 0.25) is 0 Å². The highest BCUT2D eigenvalue weighted by Crippen LogP contribution is 2.06. The summed E-state index contributed by atoms with van der Waals surface area (Å²) in [7, 11) is 0. The normalized spacial score (nSPS) is 11.2. The minimum absolute atomic E-state index is 0.0608. The van der Waals surface area contributed by atoms with Crippen molar-refractivity contribution >= 4 is 17.7 Å². The summed E-state index contributed by atoms with van der Waals surface area (Å²) in [6.45, 7) is 7.97. The minimum atomic E-state index is -0.0608. The molecule has 1 rings (SSSR count). The molecule has 0 spiro atoms. The van der Waals surface area contributed by atoms with Crippen LogP contribution < -0.4 is 11.1 Å². The molecule has 0 atom stereocenters. The van der Waals surface area contributed by atoms with Crippen molar-refractivity contribution < 1.29 is 4.79 Å². The molecular weight excluding hydrogens is 250 g/mol. The first-order chi connectivity index (χ1) is 9.65. The van der Waals surface area contributed by atoms with E-state index in [2.05, 4.69) is 24.1 Å². The van der Waals surface area contributed by atoms with Crippen molar-refractivity contribution in [1.82, 2.24) is 10.2 Å². The molecule has 0 unspecified atom stereocenters. The maximum absolute atomic E-state index is 11.7. The molecule has 0 radical (unpaired) electrons. The molecule has 110 valence electrons. The van der Waals surface area contributed by atoms with Crippen LogP contribution >= 0.6 is 0 Å². The Morgan fingerprint density at radius 3 is 2.55 bits per heavy atom. The number of carbonyl (C=O) groups excluding carboxylic acids is 1. The average Bonchev–Trinajstić information content (AvgIpc) is 2.45. The topological polar surface area (TPSA) is 58.4 Å². The van der Waals surface area contributed by atoms with Gasteiger partial charge >= 0.3 is 0 Å². The monoisotopic (exact) mass is 275 g/mol. The lowest BCUT2D eigenvalue weighted by atomic mass is 10.2. The van der Waals surface area contributed by atoms with Crippen molar-refractivity contribution in [2.45, 2.75) is 20.3 Å². The van der Waals surface area contributed by atoms with Gasteiger partial charge in [-0.1, -0.05) is 26.0 Å². The van der Waals surface area contributed by atoms with Crippen LogP contribution in [0.15, 0.2) is 30.3 Å². The van der Waals surface area contributed by atoms with E-state index in [1.807, 2.05) is 24.3 Å². The van der Waals surface area contributed by atoms with Crippen LogP contribution in [0.25, 0.3) is 6.08 Å². The highest BCUT2D eigenvalue weighted by Gasteiger charge is 2.01. The highest BCUT2D eigenvalue weighted by atomic mass is 16.1. The van der Waals surface area contributed by atoms with Crippen molar-refractivity contribution in [1.29, 1.82) is 0 Å². The van der Waals surface area contributed by atoms with Gasteiger partial charge < -0.3 is 16.0 Å². The molecule has 4 nitrogen and oxygen atoms in total. The van der Waals surface area contributed by atoms with Crippen molar-refractivity contribution in [3.8, 4) is 0 Å².